The molecule has 4 nitrogen and oxygen atoms in total. The van der Waals surface area contributed by atoms with Gasteiger partial charge in [-0.05, 0) is 112 Å². The molecule has 0 N–H and O–H groups in total. The van der Waals surface area contributed by atoms with E-state index in [0.717, 1.165) is 29.0 Å². The van der Waals surface area contributed by atoms with Crippen LogP contribution in [0.1, 0.15) is 11.1 Å². The topological polar surface area (TPSA) is 81.7 Å². The predicted octanol–water partition coefficient (Wildman–Crippen LogP) is 6.22. The molecule has 0 spiro atoms. The number of hydrogen-bond donors (Lipinski definition) is 0. The van der Waals surface area contributed by atoms with E-state index in [1.165, 1.54) is 0 Å². The molecule has 0 saturated heterocycles. The summed E-state index contributed by atoms with van der Waals surface area (Å²) in [7, 11) is -3.57. The van der Waals surface area contributed by atoms with E-state index in [1.54, 1.807) is 0 Å². The Bertz CT molecular complexity index is 995. The Hall–Kier alpha value is -0.710. The van der Waals surface area contributed by atoms with Gasteiger partial charge < -0.3 is 0 Å². The van der Waals surface area contributed by atoms with Crippen LogP contribution in [0, 0.1) is 34.5 Å². The molecule has 0 heterocycles. The Labute approximate surface area is 204 Å². The van der Waals surface area contributed by atoms with Crippen LogP contribution >= 0.6 is 63.7 Å². The standard InChI is InChI=1S/C20H16Br4N2O2S/c21-17-3-1-13(7-19(17)23)5-15(9-25)11-29(27,28)12-16(10-26)6-14-2-4-18(22)20(24)8-14/h1-4,7-8,15-16H,5-6,11-12H2. The maximum atomic E-state index is 12.7. The molecule has 29 heavy (non-hydrogen) atoms. The number of halogens is 4. The Balaban J connectivity index is 2.05. The molecule has 2 aromatic rings. The number of nitriles is 2. The highest BCUT2D eigenvalue weighted by Gasteiger charge is 2.24. The lowest BCUT2D eigenvalue weighted by atomic mass is 10.0. The minimum atomic E-state index is -3.57. The Morgan fingerprint density at radius 3 is 1.41 bits per heavy atom. The summed E-state index contributed by atoms with van der Waals surface area (Å²) in [6.07, 6.45) is 0.664. The predicted molar refractivity (Wildman–Crippen MR) is 128 cm³/mol. The first-order valence-corrected chi connectivity index (χ1v) is 13.5. The van der Waals surface area contributed by atoms with Crippen LogP contribution in [-0.4, -0.2) is 19.9 Å². The fourth-order valence-electron chi connectivity index (χ4n) is 2.87. The molecule has 0 aliphatic carbocycles. The van der Waals surface area contributed by atoms with Gasteiger partial charge in [0.2, 0.25) is 0 Å². The van der Waals surface area contributed by atoms with Crippen LogP contribution in [0.15, 0.2) is 54.3 Å². The molecule has 0 saturated carbocycles. The van der Waals surface area contributed by atoms with Crippen molar-refractivity contribution < 1.29 is 8.42 Å². The van der Waals surface area contributed by atoms with Crippen molar-refractivity contribution in [2.75, 3.05) is 11.5 Å². The highest BCUT2D eigenvalue weighted by molar-refractivity contribution is 9.13. The monoisotopic (exact) mass is 664 g/mol. The first kappa shape index (κ1) is 24.6. The molecule has 0 aliphatic rings. The molecule has 0 bridgehead atoms. The van der Waals surface area contributed by atoms with Gasteiger partial charge in [-0.1, -0.05) is 12.1 Å². The fraction of sp³-hybridized carbons (Fsp3) is 0.300. The zero-order valence-corrected chi connectivity index (χ0v) is 22.2. The molecule has 152 valence electrons. The van der Waals surface area contributed by atoms with E-state index in [2.05, 4.69) is 75.9 Å². The first-order chi connectivity index (χ1) is 13.6. The van der Waals surface area contributed by atoms with Crippen LogP contribution in [0.25, 0.3) is 0 Å². The second-order valence-corrected chi connectivity index (χ2v) is 12.2. The van der Waals surface area contributed by atoms with E-state index in [-0.39, 0.29) is 11.5 Å². The number of nitrogens with zero attached hydrogens (tertiary/aromatic N) is 2. The van der Waals surface area contributed by atoms with Crippen molar-refractivity contribution in [3.05, 3.63) is 65.4 Å². The average Bonchev–Trinajstić information content (AvgIpc) is 2.66. The second kappa shape index (κ2) is 11.1. The Morgan fingerprint density at radius 2 is 1.10 bits per heavy atom. The number of benzene rings is 2. The highest BCUT2D eigenvalue weighted by atomic mass is 79.9. The van der Waals surface area contributed by atoms with Gasteiger partial charge in [0.1, 0.15) is 0 Å². The SMILES string of the molecule is N#CC(Cc1ccc(Br)c(Br)c1)CS(=O)(=O)CC(C#N)Cc1ccc(Br)c(Br)c1. The Kier molecular flexibility index (Phi) is 9.37. The van der Waals surface area contributed by atoms with Gasteiger partial charge >= 0.3 is 0 Å². The summed E-state index contributed by atoms with van der Waals surface area (Å²) in [4.78, 5) is 0. The van der Waals surface area contributed by atoms with Crippen molar-refractivity contribution in [2.24, 2.45) is 11.8 Å². The maximum Gasteiger partial charge on any atom is 0.152 e. The number of rotatable bonds is 8. The van der Waals surface area contributed by atoms with Gasteiger partial charge in [-0.2, -0.15) is 10.5 Å². The third kappa shape index (κ3) is 7.80. The van der Waals surface area contributed by atoms with Crippen LogP contribution in [-0.2, 0) is 22.7 Å². The summed E-state index contributed by atoms with van der Waals surface area (Å²) < 4.78 is 28.8. The second-order valence-electron chi connectivity index (χ2n) is 6.63. The summed E-state index contributed by atoms with van der Waals surface area (Å²) in [6, 6.07) is 15.3. The van der Waals surface area contributed by atoms with Crippen LogP contribution in [0.5, 0.6) is 0 Å². The lowest BCUT2D eigenvalue weighted by Gasteiger charge is -2.14. The summed E-state index contributed by atoms with van der Waals surface area (Å²) in [5.41, 5.74) is 1.75. The lowest BCUT2D eigenvalue weighted by Crippen LogP contribution is -2.24. The highest BCUT2D eigenvalue weighted by Crippen LogP contribution is 2.26. The summed E-state index contributed by atoms with van der Waals surface area (Å²) in [5.74, 6) is -1.87. The van der Waals surface area contributed by atoms with E-state index >= 15 is 0 Å². The molecule has 2 rings (SSSR count). The summed E-state index contributed by atoms with van der Waals surface area (Å²) in [5, 5.41) is 18.9. The van der Waals surface area contributed by atoms with Crippen molar-refractivity contribution in [3.8, 4) is 12.1 Å². The van der Waals surface area contributed by atoms with Gasteiger partial charge in [-0.3, -0.25) is 0 Å². The van der Waals surface area contributed by atoms with Crippen molar-refractivity contribution in [1.82, 2.24) is 0 Å². The zero-order chi connectivity index (χ0) is 21.6. The molecule has 2 unspecified atom stereocenters. The normalized spacial score (nSPS) is 13.3. The minimum Gasteiger partial charge on any atom is -0.229 e. The van der Waals surface area contributed by atoms with Crippen LogP contribution in [0.4, 0.5) is 0 Å². The van der Waals surface area contributed by atoms with Crippen LogP contribution in [0.3, 0.4) is 0 Å². The van der Waals surface area contributed by atoms with Gasteiger partial charge in [-0.25, -0.2) is 8.42 Å². The van der Waals surface area contributed by atoms with E-state index in [9.17, 15) is 18.9 Å². The summed E-state index contributed by atoms with van der Waals surface area (Å²) in [6.45, 7) is 0. The zero-order valence-electron chi connectivity index (χ0n) is 15.1. The third-order valence-electron chi connectivity index (χ3n) is 4.21. The molecule has 2 aromatic carbocycles. The van der Waals surface area contributed by atoms with Gasteiger partial charge in [0.05, 0.1) is 35.5 Å². The van der Waals surface area contributed by atoms with Crippen LogP contribution in [0.2, 0.25) is 0 Å². The largest absolute Gasteiger partial charge is 0.229 e. The van der Waals surface area contributed by atoms with Gasteiger partial charge in [0, 0.05) is 17.9 Å². The average molecular weight is 668 g/mol. The lowest BCUT2D eigenvalue weighted by molar-refractivity contribution is 0.573. The molecule has 0 radical (unpaired) electrons. The van der Waals surface area contributed by atoms with Crippen LogP contribution < -0.4 is 0 Å². The van der Waals surface area contributed by atoms with E-state index in [1.807, 2.05) is 36.4 Å². The minimum absolute atomic E-state index is 0.264. The van der Waals surface area contributed by atoms with Gasteiger partial charge in [-0.15, -0.1) is 0 Å². The molecule has 0 amide bonds. The van der Waals surface area contributed by atoms with Crippen molar-refractivity contribution in [2.45, 2.75) is 12.8 Å². The van der Waals surface area contributed by atoms with E-state index < -0.39 is 21.7 Å². The number of sulfone groups is 1. The summed E-state index contributed by atoms with van der Waals surface area (Å²) >= 11 is 13.6. The van der Waals surface area contributed by atoms with Gasteiger partial charge in [0.15, 0.2) is 9.84 Å². The molecular weight excluding hydrogens is 652 g/mol. The van der Waals surface area contributed by atoms with Crippen molar-refractivity contribution >= 4 is 73.6 Å². The molecule has 0 aromatic heterocycles. The fourth-order valence-corrected chi connectivity index (χ4v) is 5.96. The first-order valence-electron chi connectivity index (χ1n) is 8.51. The van der Waals surface area contributed by atoms with Crippen molar-refractivity contribution in [3.63, 3.8) is 0 Å². The number of hydrogen-bond acceptors (Lipinski definition) is 4. The Morgan fingerprint density at radius 1 is 0.724 bits per heavy atom. The van der Waals surface area contributed by atoms with Crippen molar-refractivity contribution in [1.29, 1.82) is 10.5 Å². The van der Waals surface area contributed by atoms with E-state index in [4.69, 9.17) is 0 Å². The molecular formula is C20H16Br4N2O2S. The molecule has 0 fully saturated rings. The molecule has 2 atom stereocenters. The molecule has 0 aliphatic heterocycles. The van der Waals surface area contributed by atoms with E-state index in [0.29, 0.717) is 12.8 Å². The van der Waals surface area contributed by atoms with Gasteiger partial charge in [0.25, 0.3) is 0 Å². The smallest absolute Gasteiger partial charge is 0.152 e. The quantitative estimate of drug-likeness (QED) is 0.335. The maximum absolute atomic E-state index is 12.7. The third-order valence-corrected chi connectivity index (χ3v) is 9.79. The molecule has 9 heteroatoms.